The first kappa shape index (κ1) is 9.76. The van der Waals surface area contributed by atoms with Gasteiger partial charge in [-0.25, -0.2) is 0 Å². The van der Waals surface area contributed by atoms with E-state index < -0.39 is 0 Å². The largest absolute Gasteiger partial charge is 0.271 e. The Balaban J connectivity index is 2.65. The van der Waals surface area contributed by atoms with Crippen molar-refractivity contribution in [2.45, 2.75) is 0 Å². The van der Waals surface area contributed by atoms with Gasteiger partial charge in [-0.15, -0.1) is 0 Å². The Bertz CT molecular complexity index is 49.7. The maximum Gasteiger partial charge on any atom is 0.0239 e. The minimum atomic E-state index is 0.739. The van der Waals surface area contributed by atoms with Crippen molar-refractivity contribution >= 4 is 0 Å². The predicted octanol–water partition coefficient (Wildman–Crippen LogP) is -2.99. The lowest BCUT2D eigenvalue weighted by Crippen LogP contribution is -2.42. The monoisotopic (exact) mass is 148 g/mol. The minimum absolute atomic E-state index is 0.739. The summed E-state index contributed by atoms with van der Waals surface area (Å²) in [6.07, 6.45) is 0. The minimum Gasteiger partial charge on any atom is -0.271 e. The van der Waals surface area contributed by atoms with Crippen LogP contribution in [0.3, 0.4) is 0 Å². The van der Waals surface area contributed by atoms with E-state index in [0.29, 0.717) is 0 Å². The second-order valence-corrected chi connectivity index (χ2v) is 1.76. The summed E-state index contributed by atoms with van der Waals surface area (Å²) in [5.74, 6) is 10.0. The Hall–Kier alpha value is -0.240. The average molecular weight is 148 g/mol. The number of hydrogen-bond acceptors (Lipinski definition) is 6. The summed E-state index contributed by atoms with van der Waals surface area (Å²) in [4.78, 5) is 0. The van der Waals surface area contributed by atoms with E-state index >= 15 is 0 Å². The molecule has 0 aliphatic carbocycles. The lowest BCUT2D eigenvalue weighted by atomic mass is 10.6. The second-order valence-electron chi connectivity index (χ2n) is 1.76. The molecule has 0 spiro atoms. The molecular weight excluding hydrogens is 132 g/mol. The summed E-state index contributed by atoms with van der Waals surface area (Å²) >= 11 is 0. The highest BCUT2D eigenvalue weighted by atomic mass is 15.4. The number of rotatable bonds is 7. The Morgan fingerprint density at radius 3 is 1.40 bits per heavy atom. The highest BCUT2D eigenvalue weighted by Gasteiger charge is 1.82. The van der Waals surface area contributed by atoms with Gasteiger partial charge in [-0.1, -0.05) is 0 Å². The average Bonchev–Trinajstić information content (AvgIpc) is 1.97. The summed E-state index contributed by atoms with van der Waals surface area (Å²) in [5.41, 5.74) is 10.9. The molecule has 0 unspecified atom stereocenters. The summed E-state index contributed by atoms with van der Waals surface area (Å²) in [6, 6.07) is 0. The zero-order chi connectivity index (χ0) is 7.66. The number of hydrazine groups is 3. The van der Waals surface area contributed by atoms with Crippen LogP contribution in [-0.4, -0.2) is 26.2 Å². The van der Waals surface area contributed by atoms with E-state index in [1.807, 2.05) is 0 Å². The summed E-state index contributed by atoms with van der Waals surface area (Å²) in [5, 5.41) is 0. The fraction of sp³-hybridized carbons (Fsp3) is 1.00. The number of hydrogen-bond donors (Lipinski definition) is 6. The number of nitrogens with one attached hydrogen (secondary N) is 4. The molecule has 0 aromatic heterocycles. The van der Waals surface area contributed by atoms with Gasteiger partial charge in [0.2, 0.25) is 0 Å². The summed E-state index contributed by atoms with van der Waals surface area (Å²) in [7, 11) is 0. The van der Waals surface area contributed by atoms with Gasteiger partial charge in [0.25, 0.3) is 0 Å². The Kier molecular flexibility index (Phi) is 8.55. The van der Waals surface area contributed by atoms with Gasteiger partial charge in [0.15, 0.2) is 0 Å². The zero-order valence-corrected chi connectivity index (χ0v) is 5.98. The third-order valence-corrected chi connectivity index (χ3v) is 0.914. The van der Waals surface area contributed by atoms with Crippen LogP contribution in [0.15, 0.2) is 0 Å². The van der Waals surface area contributed by atoms with Crippen molar-refractivity contribution in [2.75, 3.05) is 26.2 Å². The summed E-state index contributed by atoms with van der Waals surface area (Å²) in [6.45, 7) is 3.06. The molecule has 6 heteroatoms. The van der Waals surface area contributed by atoms with E-state index in [4.69, 9.17) is 11.7 Å². The van der Waals surface area contributed by atoms with Crippen LogP contribution in [0, 0.1) is 0 Å². The molecule has 8 N–H and O–H groups in total. The van der Waals surface area contributed by atoms with E-state index in [1.165, 1.54) is 0 Å². The van der Waals surface area contributed by atoms with Gasteiger partial charge in [-0.05, 0) is 0 Å². The Labute approximate surface area is 60.6 Å². The summed E-state index contributed by atoms with van der Waals surface area (Å²) < 4.78 is 0. The van der Waals surface area contributed by atoms with Crippen molar-refractivity contribution in [1.82, 2.24) is 21.7 Å². The first-order valence-electron chi connectivity index (χ1n) is 3.24. The molecule has 0 aromatic carbocycles. The molecule has 0 aliphatic rings. The SMILES string of the molecule is NNCCNNCCNN. The van der Waals surface area contributed by atoms with Crippen LogP contribution in [0.2, 0.25) is 0 Å². The van der Waals surface area contributed by atoms with Crippen LogP contribution in [-0.2, 0) is 0 Å². The van der Waals surface area contributed by atoms with E-state index in [2.05, 4.69) is 21.7 Å². The van der Waals surface area contributed by atoms with Crippen LogP contribution in [0.5, 0.6) is 0 Å². The van der Waals surface area contributed by atoms with Crippen LogP contribution in [0.25, 0.3) is 0 Å². The maximum atomic E-state index is 5.02. The molecule has 0 aliphatic heterocycles. The molecule has 0 bridgehead atoms. The van der Waals surface area contributed by atoms with E-state index in [-0.39, 0.29) is 0 Å². The maximum absolute atomic E-state index is 5.02. The highest BCUT2D eigenvalue weighted by molar-refractivity contribution is 4.44. The first-order chi connectivity index (χ1) is 4.91. The highest BCUT2D eigenvalue weighted by Crippen LogP contribution is 1.50. The van der Waals surface area contributed by atoms with E-state index in [0.717, 1.165) is 26.2 Å². The van der Waals surface area contributed by atoms with Gasteiger partial charge in [0.1, 0.15) is 0 Å². The van der Waals surface area contributed by atoms with Gasteiger partial charge < -0.3 is 0 Å². The van der Waals surface area contributed by atoms with Crippen LogP contribution in [0.4, 0.5) is 0 Å². The van der Waals surface area contributed by atoms with Gasteiger partial charge in [0, 0.05) is 26.2 Å². The molecule has 6 nitrogen and oxygen atoms in total. The van der Waals surface area contributed by atoms with Crippen molar-refractivity contribution in [3.8, 4) is 0 Å². The fourth-order valence-corrected chi connectivity index (χ4v) is 0.446. The molecule has 0 saturated heterocycles. The van der Waals surface area contributed by atoms with Crippen molar-refractivity contribution in [1.29, 1.82) is 0 Å². The molecule has 0 aromatic rings. The molecule has 0 saturated carbocycles. The fourth-order valence-electron chi connectivity index (χ4n) is 0.446. The predicted molar refractivity (Wildman–Crippen MR) is 40.4 cm³/mol. The first-order valence-corrected chi connectivity index (χ1v) is 3.24. The molecule has 10 heavy (non-hydrogen) atoms. The molecule has 0 fully saturated rings. The zero-order valence-electron chi connectivity index (χ0n) is 5.98. The lowest BCUT2D eigenvalue weighted by Gasteiger charge is -2.04. The molecule has 62 valence electrons. The smallest absolute Gasteiger partial charge is 0.0239 e. The third kappa shape index (κ3) is 7.76. The van der Waals surface area contributed by atoms with Crippen molar-refractivity contribution in [3.05, 3.63) is 0 Å². The molecule has 0 rings (SSSR count). The van der Waals surface area contributed by atoms with Gasteiger partial charge >= 0.3 is 0 Å². The standard InChI is InChI=1S/C4H16N6/c5-7-1-3-9-10-4-2-8-6/h7-10H,1-6H2. The quantitative estimate of drug-likeness (QED) is 0.131. The molecule has 0 atom stereocenters. The van der Waals surface area contributed by atoms with Crippen LogP contribution < -0.4 is 33.4 Å². The second kappa shape index (κ2) is 8.76. The Morgan fingerprint density at radius 1 is 0.700 bits per heavy atom. The van der Waals surface area contributed by atoms with Gasteiger partial charge in [-0.3, -0.25) is 33.4 Å². The topological polar surface area (TPSA) is 100 Å². The van der Waals surface area contributed by atoms with Crippen molar-refractivity contribution in [2.24, 2.45) is 11.7 Å². The lowest BCUT2D eigenvalue weighted by molar-refractivity contribution is 0.507. The normalized spacial score (nSPS) is 10.2. The molecule has 0 heterocycles. The van der Waals surface area contributed by atoms with Crippen LogP contribution >= 0.6 is 0 Å². The van der Waals surface area contributed by atoms with Crippen LogP contribution in [0.1, 0.15) is 0 Å². The Morgan fingerprint density at radius 2 is 1.10 bits per heavy atom. The van der Waals surface area contributed by atoms with E-state index in [9.17, 15) is 0 Å². The molecule has 0 radical (unpaired) electrons. The molecule has 0 amide bonds. The van der Waals surface area contributed by atoms with E-state index in [1.54, 1.807) is 0 Å². The molecular formula is C4H16N6. The van der Waals surface area contributed by atoms with Gasteiger partial charge in [-0.2, -0.15) is 0 Å². The van der Waals surface area contributed by atoms with Gasteiger partial charge in [0.05, 0.1) is 0 Å². The van der Waals surface area contributed by atoms with Crippen molar-refractivity contribution in [3.63, 3.8) is 0 Å². The third-order valence-electron chi connectivity index (χ3n) is 0.914. The van der Waals surface area contributed by atoms with Crippen molar-refractivity contribution < 1.29 is 0 Å². The number of nitrogens with two attached hydrogens (primary N) is 2.